The molecule has 0 saturated carbocycles. The topological polar surface area (TPSA) is 74.1 Å². The quantitative estimate of drug-likeness (QED) is 0.718. The Balaban J connectivity index is 1.60. The van der Waals surface area contributed by atoms with Gasteiger partial charge >= 0.3 is 6.08 Å². The molecule has 0 radical (unpaired) electrons. The van der Waals surface area contributed by atoms with Gasteiger partial charge in [0.15, 0.2) is 17.0 Å². The van der Waals surface area contributed by atoms with E-state index < -0.39 is 6.08 Å². The van der Waals surface area contributed by atoms with Crippen LogP contribution in [0.2, 0.25) is 0 Å². The van der Waals surface area contributed by atoms with E-state index in [9.17, 15) is 4.39 Å². The number of halogens is 1. The number of fused-ring (bicyclic) bond motifs is 1. The van der Waals surface area contributed by atoms with Gasteiger partial charge in [0.05, 0.1) is 13.4 Å². The zero-order valence-corrected chi connectivity index (χ0v) is 13.8. The van der Waals surface area contributed by atoms with Crippen molar-refractivity contribution in [3.8, 4) is 5.75 Å². The van der Waals surface area contributed by atoms with Gasteiger partial charge in [-0.25, -0.2) is 4.98 Å². The Bertz CT molecular complexity index is 875. The Morgan fingerprint density at radius 3 is 2.88 bits per heavy atom. The van der Waals surface area contributed by atoms with Gasteiger partial charge in [0.2, 0.25) is 0 Å². The van der Waals surface area contributed by atoms with Crippen molar-refractivity contribution in [2.75, 3.05) is 19.0 Å². The fourth-order valence-corrected chi connectivity index (χ4v) is 2.93. The van der Waals surface area contributed by atoms with Crippen LogP contribution in [0.15, 0.2) is 30.6 Å². The fraction of sp³-hybridized carbons (Fsp3) is 0.353. The number of hydrogen-bond acceptors (Lipinski definition) is 6. The highest BCUT2D eigenvalue weighted by molar-refractivity contribution is 5.82. The number of anilines is 1. The summed E-state index contributed by atoms with van der Waals surface area (Å²) in [6, 6.07) is 7.62. The van der Waals surface area contributed by atoms with Crippen molar-refractivity contribution in [3.05, 3.63) is 42.2 Å². The number of rotatable bonds is 5. The lowest BCUT2D eigenvalue weighted by atomic mass is 10.2. The van der Waals surface area contributed by atoms with Crippen molar-refractivity contribution in [3.63, 3.8) is 0 Å². The summed E-state index contributed by atoms with van der Waals surface area (Å²) in [5.74, 6) is 1.16. The number of ether oxygens (including phenoxy) is 2. The maximum atomic E-state index is 13.9. The summed E-state index contributed by atoms with van der Waals surface area (Å²) in [6.45, 7) is 1.18. The molecule has 130 valence electrons. The molecule has 7 nitrogen and oxygen atoms in total. The molecule has 1 saturated heterocycles. The zero-order valence-electron chi connectivity index (χ0n) is 13.8. The first-order valence-electron chi connectivity index (χ1n) is 8.13. The molecule has 1 aliphatic heterocycles. The van der Waals surface area contributed by atoms with E-state index in [1.807, 2.05) is 24.3 Å². The van der Waals surface area contributed by atoms with E-state index in [1.165, 1.54) is 0 Å². The molecule has 3 aromatic rings. The molecule has 0 spiro atoms. The number of nitrogens with zero attached hydrogens (tertiary/aromatic N) is 4. The van der Waals surface area contributed by atoms with Crippen LogP contribution in [0.25, 0.3) is 11.2 Å². The normalized spacial score (nSPS) is 17.1. The van der Waals surface area contributed by atoms with E-state index in [-0.39, 0.29) is 6.23 Å². The molecular weight excluding hydrogens is 325 g/mol. The Morgan fingerprint density at radius 1 is 1.32 bits per heavy atom. The summed E-state index contributed by atoms with van der Waals surface area (Å²) in [6.07, 6.45) is 2.54. The molecule has 25 heavy (non-hydrogen) atoms. The maximum absolute atomic E-state index is 13.9. The van der Waals surface area contributed by atoms with Crippen LogP contribution in [0.5, 0.6) is 5.75 Å². The molecule has 1 atom stereocenters. The van der Waals surface area contributed by atoms with Crippen LogP contribution in [-0.4, -0.2) is 33.2 Å². The summed E-state index contributed by atoms with van der Waals surface area (Å²) in [7, 11) is 1.62. The standard InChI is InChI=1S/C17H18FN5O2/c1-24-12-6-4-11(5-7-12)9-19-15-14-16(22-17(18)21-15)23(10-20-14)13-3-2-8-25-13/h4-7,10,13H,2-3,8-9H2,1H3,(H,19,21,22). The van der Waals surface area contributed by atoms with Gasteiger partial charge in [0, 0.05) is 13.2 Å². The van der Waals surface area contributed by atoms with Crippen LogP contribution in [-0.2, 0) is 11.3 Å². The first-order chi connectivity index (χ1) is 12.2. The lowest BCUT2D eigenvalue weighted by Crippen LogP contribution is -2.09. The second-order valence-corrected chi connectivity index (χ2v) is 5.83. The Hall–Kier alpha value is -2.74. The van der Waals surface area contributed by atoms with Crippen molar-refractivity contribution >= 4 is 17.0 Å². The summed E-state index contributed by atoms with van der Waals surface area (Å²) >= 11 is 0. The first kappa shape index (κ1) is 15.8. The Morgan fingerprint density at radius 2 is 2.16 bits per heavy atom. The van der Waals surface area contributed by atoms with Gasteiger partial charge in [0.1, 0.15) is 12.0 Å². The fourth-order valence-electron chi connectivity index (χ4n) is 2.93. The van der Waals surface area contributed by atoms with E-state index in [1.54, 1.807) is 18.0 Å². The third-order valence-electron chi connectivity index (χ3n) is 4.23. The molecular formula is C17H18FN5O2. The van der Waals surface area contributed by atoms with Crippen LogP contribution < -0.4 is 10.1 Å². The average Bonchev–Trinajstić information content (AvgIpc) is 3.29. The predicted octanol–water partition coefficient (Wildman–Crippen LogP) is 2.90. The molecule has 3 heterocycles. The van der Waals surface area contributed by atoms with Gasteiger partial charge in [-0.15, -0.1) is 0 Å². The van der Waals surface area contributed by atoms with Gasteiger partial charge in [-0.05, 0) is 30.5 Å². The predicted molar refractivity (Wildman–Crippen MR) is 89.8 cm³/mol. The minimum atomic E-state index is -0.788. The highest BCUT2D eigenvalue weighted by Gasteiger charge is 2.22. The Labute approximate surface area is 143 Å². The molecule has 2 aromatic heterocycles. The Kier molecular flexibility index (Phi) is 4.19. The minimum Gasteiger partial charge on any atom is -0.497 e. The summed E-state index contributed by atoms with van der Waals surface area (Å²) in [4.78, 5) is 12.1. The summed E-state index contributed by atoms with van der Waals surface area (Å²) < 4.78 is 26.5. The van der Waals surface area contributed by atoms with Crippen molar-refractivity contribution in [1.29, 1.82) is 0 Å². The first-order valence-corrected chi connectivity index (χ1v) is 8.13. The smallest absolute Gasteiger partial charge is 0.312 e. The van der Waals surface area contributed by atoms with Gasteiger partial charge in [-0.1, -0.05) is 12.1 Å². The molecule has 0 amide bonds. The highest BCUT2D eigenvalue weighted by atomic mass is 19.1. The van der Waals surface area contributed by atoms with Crippen LogP contribution in [0, 0.1) is 6.08 Å². The van der Waals surface area contributed by atoms with Crippen molar-refractivity contribution in [2.45, 2.75) is 25.6 Å². The van der Waals surface area contributed by atoms with Gasteiger partial charge in [0.25, 0.3) is 0 Å². The molecule has 1 aromatic carbocycles. The van der Waals surface area contributed by atoms with Crippen LogP contribution >= 0.6 is 0 Å². The van der Waals surface area contributed by atoms with E-state index >= 15 is 0 Å². The summed E-state index contributed by atoms with van der Waals surface area (Å²) in [5, 5.41) is 3.14. The monoisotopic (exact) mass is 343 g/mol. The van der Waals surface area contributed by atoms with Crippen molar-refractivity contribution in [2.24, 2.45) is 0 Å². The molecule has 0 bridgehead atoms. The molecule has 8 heteroatoms. The number of aromatic nitrogens is 4. The minimum absolute atomic E-state index is 0.145. The third kappa shape index (κ3) is 3.12. The van der Waals surface area contributed by atoms with Crippen molar-refractivity contribution in [1.82, 2.24) is 19.5 Å². The van der Waals surface area contributed by atoms with Gasteiger partial charge in [-0.3, -0.25) is 4.57 Å². The van der Waals surface area contributed by atoms with E-state index in [2.05, 4.69) is 20.3 Å². The molecule has 1 unspecified atom stereocenters. The second-order valence-electron chi connectivity index (χ2n) is 5.83. The lowest BCUT2D eigenvalue weighted by Gasteiger charge is -2.12. The van der Waals surface area contributed by atoms with E-state index in [0.717, 1.165) is 24.2 Å². The largest absolute Gasteiger partial charge is 0.497 e. The highest BCUT2D eigenvalue weighted by Crippen LogP contribution is 2.28. The van der Waals surface area contributed by atoms with Gasteiger partial charge < -0.3 is 14.8 Å². The van der Waals surface area contributed by atoms with Crippen LogP contribution in [0.3, 0.4) is 0 Å². The lowest BCUT2D eigenvalue weighted by molar-refractivity contribution is 0.0592. The SMILES string of the molecule is COc1ccc(CNc2nc(F)nc3c2ncn3C2CCCO2)cc1. The number of hydrogen-bond donors (Lipinski definition) is 1. The second kappa shape index (κ2) is 6.64. The van der Waals surface area contributed by atoms with E-state index in [4.69, 9.17) is 9.47 Å². The maximum Gasteiger partial charge on any atom is 0.312 e. The molecule has 1 N–H and O–H groups in total. The third-order valence-corrected chi connectivity index (χ3v) is 4.23. The van der Waals surface area contributed by atoms with Gasteiger partial charge in [-0.2, -0.15) is 14.4 Å². The van der Waals surface area contributed by atoms with Crippen LogP contribution in [0.1, 0.15) is 24.6 Å². The zero-order chi connectivity index (χ0) is 17.2. The molecule has 4 rings (SSSR count). The molecule has 0 aliphatic carbocycles. The van der Waals surface area contributed by atoms with Crippen molar-refractivity contribution < 1.29 is 13.9 Å². The number of benzene rings is 1. The molecule has 1 aliphatic rings. The number of methoxy groups -OCH3 is 1. The number of nitrogens with one attached hydrogen (secondary N) is 1. The molecule has 1 fully saturated rings. The van der Waals surface area contributed by atoms with Crippen LogP contribution in [0.4, 0.5) is 10.2 Å². The van der Waals surface area contributed by atoms with E-state index in [0.29, 0.717) is 30.1 Å². The number of imidazole rings is 1. The summed E-state index contributed by atoms with van der Waals surface area (Å²) in [5.41, 5.74) is 1.99. The average molecular weight is 343 g/mol.